The number of hydrogen-bond acceptors (Lipinski definition) is 7. The second-order valence-electron chi connectivity index (χ2n) is 7.49. The van der Waals surface area contributed by atoms with E-state index in [9.17, 15) is 24.5 Å². The number of nitro benzene ring substituents is 1. The maximum absolute atomic E-state index is 12.3. The van der Waals surface area contributed by atoms with Crippen molar-refractivity contribution in [3.8, 4) is 0 Å². The van der Waals surface area contributed by atoms with E-state index in [2.05, 4.69) is 20.9 Å². The third kappa shape index (κ3) is 9.86. The number of carbonyl (C=O) groups excluding carboxylic acids is 2. The number of aliphatic carboxylic acids is 1. The summed E-state index contributed by atoms with van der Waals surface area (Å²) in [5.41, 5.74) is 1.43. The summed E-state index contributed by atoms with van der Waals surface area (Å²) in [5, 5.41) is 28.5. The first kappa shape index (κ1) is 29.0. The maximum atomic E-state index is 12.3. The zero-order valence-corrected chi connectivity index (χ0v) is 18.5. The van der Waals surface area contributed by atoms with E-state index in [0.717, 1.165) is 11.5 Å². The number of benzene rings is 1. The number of anilines is 1. The molecule has 2 amide bonds. The Morgan fingerprint density at radius 3 is 2.53 bits per heavy atom. The third-order valence-electron chi connectivity index (χ3n) is 4.77. The molecule has 1 aromatic heterocycles. The number of aromatic nitrogens is 1. The van der Waals surface area contributed by atoms with Crippen molar-refractivity contribution < 1.29 is 24.4 Å². The minimum absolute atomic E-state index is 0. The van der Waals surface area contributed by atoms with Crippen LogP contribution in [0.5, 0.6) is 0 Å². The van der Waals surface area contributed by atoms with Gasteiger partial charge in [-0.2, -0.15) is 0 Å². The number of rotatable bonds is 12. The molecule has 2 aromatic rings. The fraction of sp³-hybridized carbons (Fsp3) is 0.364. The molecule has 0 bridgehead atoms. The number of carboxylic acid groups (broad SMARTS) is 1. The van der Waals surface area contributed by atoms with E-state index in [1.54, 1.807) is 6.92 Å². The molecule has 34 heavy (non-hydrogen) atoms. The van der Waals surface area contributed by atoms with Gasteiger partial charge in [-0.25, -0.2) is 4.98 Å². The van der Waals surface area contributed by atoms with E-state index in [1.165, 1.54) is 18.2 Å². The van der Waals surface area contributed by atoms with Gasteiger partial charge in [-0.1, -0.05) is 18.2 Å². The molecule has 1 aromatic carbocycles. The quantitative estimate of drug-likeness (QED) is 0.154. The standard InChI is InChI=1S/C22H27N5O6.Na.H/c1-14-8-9-16(11-18(14)27(32)33)17(12-22(30)31)26-21(29)13-24-20(28)7-4-10-23-19-6-3-5-15(2)25-19;;/h3,5-6,8-9,11,17H,4,7,10,12-13H2,1-2H3,(H,23,25)(H,24,28)(H,26,29)(H,30,31);;. The molecule has 0 saturated heterocycles. The zero-order valence-electron chi connectivity index (χ0n) is 18.5. The first-order valence-corrected chi connectivity index (χ1v) is 10.4. The Morgan fingerprint density at radius 1 is 1.15 bits per heavy atom. The van der Waals surface area contributed by atoms with E-state index in [-0.39, 0.29) is 54.1 Å². The van der Waals surface area contributed by atoms with Crippen molar-refractivity contribution in [3.63, 3.8) is 0 Å². The molecule has 0 fully saturated rings. The van der Waals surface area contributed by atoms with Crippen LogP contribution in [0.3, 0.4) is 0 Å². The fourth-order valence-corrected chi connectivity index (χ4v) is 3.09. The topological polar surface area (TPSA) is 164 Å². The van der Waals surface area contributed by atoms with Gasteiger partial charge in [0.25, 0.3) is 5.69 Å². The molecule has 12 heteroatoms. The average Bonchev–Trinajstić information content (AvgIpc) is 2.75. The number of nitro groups is 1. The summed E-state index contributed by atoms with van der Waals surface area (Å²) in [6, 6.07) is 8.89. The number of carboxylic acids is 1. The molecule has 0 aliphatic carbocycles. The monoisotopic (exact) mass is 481 g/mol. The second kappa shape index (κ2) is 14.3. The molecule has 1 unspecified atom stereocenters. The van der Waals surface area contributed by atoms with Gasteiger partial charge in [-0.05, 0) is 38.0 Å². The Hall–Kier alpha value is -3.02. The van der Waals surface area contributed by atoms with Crippen molar-refractivity contribution in [2.24, 2.45) is 0 Å². The fourth-order valence-electron chi connectivity index (χ4n) is 3.09. The number of carbonyl (C=O) groups is 3. The molecule has 0 aliphatic rings. The Bertz CT molecular complexity index is 1030. The van der Waals surface area contributed by atoms with Crippen LogP contribution >= 0.6 is 0 Å². The summed E-state index contributed by atoms with van der Waals surface area (Å²) in [6.45, 7) is 3.64. The average molecular weight is 481 g/mol. The molecule has 0 spiro atoms. The van der Waals surface area contributed by atoms with Crippen LogP contribution in [0, 0.1) is 24.0 Å². The minimum atomic E-state index is -1.18. The van der Waals surface area contributed by atoms with Crippen molar-refractivity contribution in [2.45, 2.75) is 39.2 Å². The van der Waals surface area contributed by atoms with Crippen LogP contribution in [0.15, 0.2) is 36.4 Å². The molecule has 0 radical (unpaired) electrons. The Kier molecular flexibility index (Phi) is 12.2. The van der Waals surface area contributed by atoms with Gasteiger partial charge in [-0.3, -0.25) is 24.5 Å². The number of amides is 2. The first-order valence-electron chi connectivity index (χ1n) is 10.4. The summed E-state index contributed by atoms with van der Waals surface area (Å²) in [4.78, 5) is 50.4. The van der Waals surface area contributed by atoms with E-state index in [0.29, 0.717) is 24.1 Å². The van der Waals surface area contributed by atoms with Crippen LogP contribution in [-0.4, -0.2) is 75.4 Å². The number of nitrogens with zero attached hydrogens (tertiary/aromatic N) is 2. The number of pyridine rings is 1. The van der Waals surface area contributed by atoms with Crippen molar-refractivity contribution in [1.29, 1.82) is 0 Å². The van der Waals surface area contributed by atoms with Gasteiger partial charge in [0.05, 0.1) is 23.9 Å². The normalized spacial score (nSPS) is 11.0. The molecule has 178 valence electrons. The van der Waals surface area contributed by atoms with Crippen LogP contribution in [0.2, 0.25) is 0 Å². The Morgan fingerprint density at radius 2 is 1.88 bits per heavy atom. The van der Waals surface area contributed by atoms with Crippen molar-refractivity contribution in [1.82, 2.24) is 15.6 Å². The summed E-state index contributed by atoms with van der Waals surface area (Å²) in [5.74, 6) is -1.39. The van der Waals surface area contributed by atoms with Gasteiger partial charge < -0.3 is 21.1 Å². The Labute approximate surface area is 219 Å². The molecule has 4 N–H and O–H groups in total. The summed E-state index contributed by atoms with van der Waals surface area (Å²) < 4.78 is 0. The predicted molar refractivity (Wildman–Crippen MR) is 128 cm³/mol. The Balaban J connectivity index is 0.00000578. The van der Waals surface area contributed by atoms with Gasteiger partial charge >= 0.3 is 35.5 Å². The van der Waals surface area contributed by atoms with Crippen LogP contribution < -0.4 is 16.0 Å². The van der Waals surface area contributed by atoms with Crippen LogP contribution in [-0.2, 0) is 14.4 Å². The van der Waals surface area contributed by atoms with Crippen molar-refractivity contribution in [2.75, 3.05) is 18.4 Å². The molecule has 1 atom stereocenters. The van der Waals surface area contributed by atoms with Crippen LogP contribution in [0.4, 0.5) is 11.5 Å². The van der Waals surface area contributed by atoms with Gasteiger partial charge in [0, 0.05) is 30.3 Å². The molecular formula is C22H28N5NaO6. The summed E-state index contributed by atoms with van der Waals surface area (Å²) in [6.07, 6.45) is 0.255. The summed E-state index contributed by atoms with van der Waals surface area (Å²) >= 11 is 0. The van der Waals surface area contributed by atoms with E-state index in [4.69, 9.17) is 5.11 Å². The van der Waals surface area contributed by atoms with Crippen molar-refractivity contribution >= 4 is 58.8 Å². The van der Waals surface area contributed by atoms with Gasteiger partial charge in [0.15, 0.2) is 0 Å². The van der Waals surface area contributed by atoms with Crippen molar-refractivity contribution in [3.05, 3.63) is 63.3 Å². The van der Waals surface area contributed by atoms with E-state index in [1.807, 2.05) is 25.1 Å². The van der Waals surface area contributed by atoms with E-state index < -0.39 is 29.3 Å². The zero-order chi connectivity index (χ0) is 24.4. The molecule has 11 nitrogen and oxygen atoms in total. The number of aryl methyl sites for hydroxylation is 2. The SMILES string of the molecule is Cc1cccc(NCCCC(=O)NCC(=O)NC(CC(=O)O)c2ccc(C)c([N+](=O)[O-])c2)n1.[NaH]. The molecule has 1 heterocycles. The molecular weight excluding hydrogens is 453 g/mol. The first-order chi connectivity index (χ1) is 15.7. The number of hydrogen-bond donors (Lipinski definition) is 4. The summed E-state index contributed by atoms with van der Waals surface area (Å²) in [7, 11) is 0. The van der Waals surface area contributed by atoms with Gasteiger partial charge in [0.2, 0.25) is 11.8 Å². The molecule has 0 saturated carbocycles. The van der Waals surface area contributed by atoms with Gasteiger partial charge in [-0.15, -0.1) is 0 Å². The van der Waals surface area contributed by atoms with Crippen LogP contribution in [0.25, 0.3) is 0 Å². The predicted octanol–water partition coefficient (Wildman–Crippen LogP) is 1.60. The van der Waals surface area contributed by atoms with E-state index >= 15 is 0 Å². The second-order valence-corrected chi connectivity index (χ2v) is 7.49. The van der Waals surface area contributed by atoms with Crippen LogP contribution in [0.1, 0.15) is 42.1 Å². The molecule has 2 rings (SSSR count). The number of nitrogens with one attached hydrogen (secondary N) is 3. The third-order valence-corrected chi connectivity index (χ3v) is 4.77. The molecule has 0 aliphatic heterocycles. The van der Waals surface area contributed by atoms with Gasteiger partial charge in [0.1, 0.15) is 5.82 Å².